The van der Waals surface area contributed by atoms with E-state index in [0.29, 0.717) is 38.1 Å². The van der Waals surface area contributed by atoms with Crippen LogP contribution in [-0.2, 0) is 14.4 Å². The minimum Gasteiger partial charge on any atom is -0.411 e. The molecule has 2 atom stereocenters. The van der Waals surface area contributed by atoms with E-state index < -0.39 is 5.92 Å². The van der Waals surface area contributed by atoms with E-state index in [9.17, 15) is 14.4 Å². The van der Waals surface area contributed by atoms with Gasteiger partial charge in [-0.3, -0.25) is 19.3 Å². The van der Waals surface area contributed by atoms with E-state index >= 15 is 0 Å². The van der Waals surface area contributed by atoms with Crippen molar-refractivity contribution in [1.29, 1.82) is 0 Å². The Morgan fingerprint density at radius 3 is 2.48 bits per heavy atom. The van der Waals surface area contributed by atoms with Crippen molar-refractivity contribution >= 4 is 23.4 Å². The van der Waals surface area contributed by atoms with E-state index in [1.807, 2.05) is 13.8 Å². The van der Waals surface area contributed by atoms with Crippen LogP contribution in [0.4, 0.5) is 0 Å². The maximum atomic E-state index is 12.3. The molecule has 0 radical (unpaired) electrons. The highest BCUT2D eigenvalue weighted by Crippen LogP contribution is 2.37. The molecule has 1 aliphatic heterocycles. The Morgan fingerprint density at radius 2 is 1.90 bits per heavy atom. The van der Waals surface area contributed by atoms with Gasteiger partial charge in [0.05, 0.1) is 17.5 Å². The standard InChI is InChI=1S/C14H21N3O4/c1-3-16(4-2)12(18)8-17-13(19)10-6-5-9(15-21)7-11(10)14(17)20/h10-11,21H,3-8H2,1-2H3/b15-9+/t10-,11-/m1/s1. The van der Waals surface area contributed by atoms with Gasteiger partial charge >= 0.3 is 0 Å². The first-order valence-electron chi connectivity index (χ1n) is 7.36. The summed E-state index contributed by atoms with van der Waals surface area (Å²) in [5.41, 5.74) is 0.550. The molecule has 1 heterocycles. The molecule has 2 aliphatic rings. The van der Waals surface area contributed by atoms with Crippen LogP contribution >= 0.6 is 0 Å². The largest absolute Gasteiger partial charge is 0.411 e. The maximum Gasteiger partial charge on any atom is 0.242 e. The Balaban J connectivity index is 2.10. The Morgan fingerprint density at radius 1 is 1.29 bits per heavy atom. The summed E-state index contributed by atoms with van der Waals surface area (Å²) >= 11 is 0. The number of likely N-dealkylation sites (tertiary alicyclic amines) is 1. The molecule has 21 heavy (non-hydrogen) atoms. The van der Waals surface area contributed by atoms with E-state index in [2.05, 4.69) is 5.16 Å². The zero-order valence-electron chi connectivity index (χ0n) is 12.4. The topological polar surface area (TPSA) is 90.3 Å². The van der Waals surface area contributed by atoms with Gasteiger partial charge in [-0.2, -0.15) is 0 Å². The van der Waals surface area contributed by atoms with Crippen molar-refractivity contribution in [3.05, 3.63) is 0 Å². The highest BCUT2D eigenvalue weighted by Gasteiger charge is 2.50. The number of imide groups is 1. The van der Waals surface area contributed by atoms with Gasteiger partial charge in [-0.15, -0.1) is 0 Å². The molecule has 7 nitrogen and oxygen atoms in total. The second-order valence-corrected chi connectivity index (χ2v) is 5.45. The van der Waals surface area contributed by atoms with E-state index in [4.69, 9.17) is 5.21 Å². The lowest BCUT2D eigenvalue weighted by molar-refractivity contribution is -0.146. The maximum absolute atomic E-state index is 12.3. The molecule has 0 spiro atoms. The molecule has 0 aromatic rings. The number of nitrogens with zero attached hydrogens (tertiary/aromatic N) is 3. The summed E-state index contributed by atoms with van der Waals surface area (Å²) in [6.07, 6.45) is 1.33. The monoisotopic (exact) mass is 295 g/mol. The number of likely N-dealkylation sites (N-methyl/N-ethyl adjacent to an activating group) is 1. The molecule has 0 bridgehead atoms. The van der Waals surface area contributed by atoms with E-state index in [1.54, 1.807) is 4.90 Å². The lowest BCUT2D eigenvalue weighted by Crippen LogP contribution is -2.43. The molecule has 2 fully saturated rings. The van der Waals surface area contributed by atoms with Crippen LogP contribution in [0, 0.1) is 11.8 Å². The number of oxime groups is 1. The first-order valence-corrected chi connectivity index (χ1v) is 7.36. The number of rotatable bonds is 4. The minimum absolute atomic E-state index is 0.183. The lowest BCUT2D eigenvalue weighted by Gasteiger charge is -2.22. The number of carbonyl (C=O) groups excluding carboxylic acids is 3. The van der Waals surface area contributed by atoms with E-state index in [-0.39, 0.29) is 30.2 Å². The first kappa shape index (κ1) is 15.5. The van der Waals surface area contributed by atoms with Crippen LogP contribution in [0.25, 0.3) is 0 Å². The van der Waals surface area contributed by atoms with Gasteiger partial charge in [0, 0.05) is 19.5 Å². The fourth-order valence-corrected chi connectivity index (χ4v) is 3.14. The fourth-order valence-electron chi connectivity index (χ4n) is 3.14. The van der Waals surface area contributed by atoms with Gasteiger partial charge < -0.3 is 10.1 Å². The van der Waals surface area contributed by atoms with Crippen molar-refractivity contribution in [3.63, 3.8) is 0 Å². The fraction of sp³-hybridized carbons (Fsp3) is 0.714. The Kier molecular flexibility index (Phi) is 4.59. The van der Waals surface area contributed by atoms with Crippen LogP contribution in [0.1, 0.15) is 33.1 Å². The van der Waals surface area contributed by atoms with Crippen molar-refractivity contribution in [2.24, 2.45) is 17.0 Å². The van der Waals surface area contributed by atoms with Crippen LogP contribution in [0.5, 0.6) is 0 Å². The summed E-state index contributed by atoms with van der Waals surface area (Å²) in [6, 6.07) is 0. The quantitative estimate of drug-likeness (QED) is 0.464. The predicted octanol–water partition coefficient (Wildman–Crippen LogP) is 0.470. The number of hydrogen-bond acceptors (Lipinski definition) is 5. The van der Waals surface area contributed by atoms with Crippen LogP contribution in [0.3, 0.4) is 0 Å². The van der Waals surface area contributed by atoms with E-state index in [0.717, 1.165) is 4.90 Å². The third-order valence-electron chi connectivity index (χ3n) is 4.40. The van der Waals surface area contributed by atoms with Gasteiger partial charge in [-0.05, 0) is 26.7 Å². The molecule has 2 rings (SSSR count). The van der Waals surface area contributed by atoms with Crippen LogP contribution in [0.2, 0.25) is 0 Å². The molecule has 0 unspecified atom stereocenters. The van der Waals surface area contributed by atoms with Crippen molar-refractivity contribution in [3.8, 4) is 0 Å². The smallest absolute Gasteiger partial charge is 0.242 e. The van der Waals surface area contributed by atoms with Gasteiger partial charge in [0.25, 0.3) is 0 Å². The molecule has 1 aliphatic carbocycles. The lowest BCUT2D eigenvalue weighted by atomic mass is 9.80. The average Bonchev–Trinajstić information content (AvgIpc) is 2.73. The predicted molar refractivity (Wildman–Crippen MR) is 74.7 cm³/mol. The zero-order chi connectivity index (χ0) is 15.6. The summed E-state index contributed by atoms with van der Waals surface area (Å²) < 4.78 is 0. The van der Waals surface area contributed by atoms with Gasteiger partial charge in [-0.1, -0.05) is 5.16 Å². The van der Waals surface area contributed by atoms with Gasteiger partial charge in [-0.25, -0.2) is 0 Å². The molecule has 7 heteroatoms. The highest BCUT2D eigenvalue weighted by atomic mass is 16.4. The van der Waals surface area contributed by atoms with Gasteiger partial charge in [0.2, 0.25) is 17.7 Å². The molecular weight excluding hydrogens is 274 g/mol. The second kappa shape index (κ2) is 6.24. The summed E-state index contributed by atoms with van der Waals surface area (Å²) in [6.45, 7) is 4.65. The van der Waals surface area contributed by atoms with E-state index in [1.165, 1.54) is 0 Å². The first-order chi connectivity index (χ1) is 10.0. The van der Waals surface area contributed by atoms with Crippen molar-refractivity contribution in [2.75, 3.05) is 19.6 Å². The van der Waals surface area contributed by atoms with Crippen molar-refractivity contribution < 1.29 is 19.6 Å². The summed E-state index contributed by atoms with van der Waals surface area (Å²) in [7, 11) is 0. The molecule has 1 saturated carbocycles. The summed E-state index contributed by atoms with van der Waals surface area (Å²) in [5, 5.41) is 12.0. The van der Waals surface area contributed by atoms with Crippen LogP contribution in [0.15, 0.2) is 5.16 Å². The summed E-state index contributed by atoms with van der Waals surface area (Å²) in [4.78, 5) is 39.4. The number of fused-ring (bicyclic) bond motifs is 1. The number of carbonyl (C=O) groups is 3. The van der Waals surface area contributed by atoms with Crippen LogP contribution in [-0.4, -0.2) is 58.1 Å². The number of amides is 3. The third-order valence-corrected chi connectivity index (χ3v) is 4.40. The second-order valence-electron chi connectivity index (χ2n) is 5.45. The van der Waals surface area contributed by atoms with Gasteiger partial charge in [0.1, 0.15) is 6.54 Å². The molecule has 3 amide bonds. The van der Waals surface area contributed by atoms with Crippen molar-refractivity contribution in [1.82, 2.24) is 9.80 Å². The van der Waals surface area contributed by atoms with Crippen LogP contribution < -0.4 is 0 Å². The van der Waals surface area contributed by atoms with Gasteiger partial charge in [0.15, 0.2) is 0 Å². The molecule has 0 aromatic carbocycles. The Hall–Kier alpha value is -1.92. The average molecular weight is 295 g/mol. The molecule has 1 N–H and O–H groups in total. The molecule has 1 saturated heterocycles. The highest BCUT2D eigenvalue weighted by molar-refractivity contribution is 6.09. The minimum atomic E-state index is -0.471. The third kappa shape index (κ3) is 2.77. The normalized spacial score (nSPS) is 27.1. The Labute approximate surface area is 123 Å². The molecular formula is C14H21N3O4. The zero-order valence-corrected chi connectivity index (χ0v) is 12.4. The van der Waals surface area contributed by atoms with Crippen molar-refractivity contribution in [2.45, 2.75) is 33.1 Å². The SMILES string of the molecule is CCN(CC)C(=O)CN1C(=O)[C@@H]2CC/C(=N\O)C[C@H]2C1=O. The molecule has 116 valence electrons. The summed E-state index contributed by atoms with van der Waals surface area (Å²) in [5.74, 6) is -1.63. The molecule has 0 aromatic heterocycles. The Bertz CT molecular complexity index is 485. The number of hydrogen-bond donors (Lipinski definition) is 1.